The Balaban J connectivity index is 2.24. The number of hydrogen-bond donors (Lipinski definition) is 1. The first kappa shape index (κ1) is 8.63. The molecule has 0 unspecified atom stereocenters. The van der Waals surface area contributed by atoms with Crippen molar-refractivity contribution in [3.05, 3.63) is 23.3 Å². The average molecular weight is 177 g/mol. The summed E-state index contributed by atoms with van der Waals surface area (Å²) < 4.78 is 0. The summed E-state index contributed by atoms with van der Waals surface area (Å²) in [7, 11) is 1.92. The summed E-state index contributed by atoms with van der Waals surface area (Å²) in [6, 6.07) is 0. The third-order valence-electron chi connectivity index (χ3n) is 2.45. The maximum Gasteiger partial charge on any atom is 0.142 e. The van der Waals surface area contributed by atoms with E-state index in [9.17, 15) is 0 Å². The predicted molar refractivity (Wildman–Crippen MR) is 51.4 cm³/mol. The van der Waals surface area contributed by atoms with E-state index in [0.717, 1.165) is 25.2 Å². The van der Waals surface area contributed by atoms with Gasteiger partial charge in [-0.1, -0.05) is 0 Å². The summed E-state index contributed by atoms with van der Waals surface area (Å²) in [5.41, 5.74) is 2.62. The number of aromatic nitrogens is 2. The van der Waals surface area contributed by atoms with E-state index in [0.29, 0.717) is 0 Å². The molecule has 0 bridgehead atoms. The van der Waals surface area contributed by atoms with E-state index in [1.807, 2.05) is 13.2 Å². The fourth-order valence-corrected chi connectivity index (χ4v) is 1.76. The predicted octanol–water partition coefficient (Wildman–Crippen LogP) is 1.07. The van der Waals surface area contributed by atoms with Gasteiger partial charge in [-0.3, -0.25) is 0 Å². The van der Waals surface area contributed by atoms with E-state index in [1.165, 1.54) is 24.1 Å². The maximum atomic E-state index is 4.53. The van der Waals surface area contributed by atoms with Gasteiger partial charge < -0.3 is 5.32 Å². The summed E-state index contributed by atoms with van der Waals surface area (Å²) >= 11 is 0. The highest BCUT2D eigenvalue weighted by atomic mass is 14.9. The normalized spacial score (nSPS) is 15.5. The van der Waals surface area contributed by atoms with Crippen molar-refractivity contribution in [2.75, 3.05) is 7.05 Å². The van der Waals surface area contributed by atoms with Crippen LogP contribution in [0.2, 0.25) is 0 Å². The summed E-state index contributed by atoms with van der Waals surface area (Å²) in [4.78, 5) is 8.84. The molecule has 1 aromatic rings. The molecule has 1 aliphatic rings. The Kier molecular flexibility index (Phi) is 2.54. The lowest BCUT2D eigenvalue weighted by atomic mass is 9.97. The van der Waals surface area contributed by atoms with Crippen LogP contribution < -0.4 is 5.32 Å². The molecule has 0 radical (unpaired) electrons. The van der Waals surface area contributed by atoms with Gasteiger partial charge in [0.05, 0.1) is 6.54 Å². The number of fused-ring (bicyclic) bond motifs is 1. The Bertz CT molecular complexity index is 296. The fourth-order valence-electron chi connectivity index (χ4n) is 1.76. The largest absolute Gasteiger partial charge is 0.313 e. The van der Waals surface area contributed by atoms with Crippen molar-refractivity contribution < 1.29 is 0 Å². The first-order valence-electron chi connectivity index (χ1n) is 4.88. The second-order valence-electron chi connectivity index (χ2n) is 3.50. The van der Waals surface area contributed by atoms with Crippen molar-refractivity contribution in [2.24, 2.45) is 0 Å². The number of aryl methyl sites for hydroxylation is 2. The Hall–Kier alpha value is -0.960. The fraction of sp³-hybridized carbons (Fsp3) is 0.600. The molecular weight excluding hydrogens is 162 g/mol. The van der Waals surface area contributed by atoms with Gasteiger partial charge in [-0.25, -0.2) is 9.97 Å². The van der Waals surface area contributed by atoms with Gasteiger partial charge in [0.15, 0.2) is 0 Å². The molecule has 70 valence electrons. The van der Waals surface area contributed by atoms with Crippen LogP contribution in [-0.4, -0.2) is 17.0 Å². The van der Waals surface area contributed by atoms with Crippen LogP contribution in [0.3, 0.4) is 0 Å². The van der Waals surface area contributed by atoms with E-state index in [2.05, 4.69) is 15.3 Å². The molecule has 0 spiro atoms. The van der Waals surface area contributed by atoms with Crippen LogP contribution in [0.5, 0.6) is 0 Å². The van der Waals surface area contributed by atoms with E-state index in [4.69, 9.17) is 0 Å². The number of rotatable bonds is 2. The quantitative estimate of drug-likeness (QED) is 0.734. The van der Waals surface area contributed by atoms with Crippen LogP contribution in [0.1, 0.15) is 29.9 Å². The monoisotopic (exact) mass is 177 g/mol. The SMILES string of the molecule is CNCc1ncc2c(n1)CCCC2. The summed E-state index contributed by atoms with van der Waals surface area (Å²) in [6.07, 6.45) is 6.86. The van der Waals surface area contributed by atoms with Crippen LogP contribution in [0.25, 0.3) is 0 Å². The van der Waals surface area contributed by atoms with Gasteiger partial charge in [0.1, 0.15) is 5.82 Å². The molecule has 0 fully saturated rings. The molecule has 0 aliphatic heterocycles. The Morgan fingerprint density at radius 3 is 3.08 bits per heavy atom. The van der Waals surface area contributed by atoms with E-state index in [-0.39, 0.29) is 0 Å². The minimum atomic E-state index is 0.771. The number of nitrogens with one attached hydrogen (secondary N) is 1. The number of nitrogens with zero attached hydrogens (tertiary/aromatic N) is 2. The van der Waals surface area contributed by atoms with Crippen molar-refractivity contribution in [2.45, 2.75) is 32.2 Å². The zero-order valence-corrected chi connectivity index (χ0v) is 8.01. The van der Waals surface area contributed by atoms with Gasteiger partial charge in [0, 0.05) is 11.9 Å². The van der Waals surface area contributed by atoms with Gasteiger partial charge in [0.2, 0.25) is 0 Å². The molecule has 1 aliphatic carbocycles. The third kappa shape index (κ3) is 1.86. The molecule has 3 nitrogen and oxygen atoms in total. The summed E-state index contributed by atoms with van der Waals surface area (Å²) in [5.74, 6) is 0.920. The van der Waals surface area contributed by atoms with Crippen LogP contribution in [0.4, 0.5) is 0 Å². The van der Waals surface area contributed by atoms with Crippen LogP contribution in [-0.2, 0) is 19.4 Å². The van der Waals surface area contributed by atoms with Crippen LogP contribution in [0.15, 0.2) is 6.20 Å². The van der Waals surface area contributed by atoms with Crippen molar-refractivity contribution in [3.8, 4) is 0 Å². The first-order chi connectivity index (χ1) is 6.40. The lowest BCUT2D eigenvalue weighted by molar-refractivity contribution is 0.645. The lowest BCUT2D eigenvalue weighted by Crippen LogP contribution is -2.13. The van der Waals surface area contributed by atoms with Crippen molar-refractivity contribution in [3.63, 3.8) is 0 Å². The highest BCUT2D eigenvalue weighted by Gasteiger charge is 2.11. The van der Waals surface area contributed by atoms with E-state index >= 15 is 0 Å². The standard InChI is InChI=1S/C10H15N3/c1-11-7-10-12-6-8-4-2-3-5-9(8)13-10/h6,11H,2-5,7H2,1H3. The van der Waals surface area contributed by atoms with E-state index < -0.39 is 0 Å². The second-order valence-corrected chi connectivity index (χ2v) is 3.50. The Morgan fingerprint density at radius 2 is 2.23 bits per heavy atom. The second kappa shape index (κ2) is 3.83. The zero-order chi connectivity index (χ0) is 9.10. The maximum absolute atomic E-state index is 4.53. The Morgan fingerprint density at radius 1 is 1.38 bits per heavy atom. The van der Waals surface area contributed by atoms with Gasteiger partial charge >= 0.3 is 0 Å². The van der Waals surface area contributed by atoms with Crippen molar-refractivity contribution >= 4 is 0 Å². The topological polar surface area (TPSA) is 37.8 Å². The van der Waals surface area contributed by atoms with Crippen LogP contribution >= 0.6 is 0 Å². The highest BCUT2D eigenvalue weighted by molar-refractivity contribution is 5.20. The van der Waals surface area contributed by atoms with E-state index in [1.54, 1.807) is 0 Å². The molecule has 0 saturated carbocycles. The minimum Gasteiger partial charge on any atom is -0.313 e. The average Bonchev–Trinajstić information content (AvgIpc) is 2.18. The molecule has 0 saturated heterocycles. The highest BCUT2D eigenvalue weighted by Crippen LogP contribution is 2.17. The summed E-state index contributed by atoms with van der Waals surface area (Å²) in [5, 5.41) is 3.07. The van der Waals surface area contributed by atoms with Gasteiger partial charge in [0.25, 0.3) is 0 Å². The molecule has 1 heterocycles. The molecule has 0 amide bonds. The third-order valence-corrected chi connectivity index (χ3v) is 2.45. The van der Waals surface area contributed by atoms with Crippen LogP contribution in [0, 0.1) is 0 Å². The van der Waals surface area contributed by atoms with Gasteiger partial charge in [-0.15, -0.1) is 0 Å². The van der Waals surface area contributed by atoms with Gasteiger partial charge in [-0.2, -0.15) is 0 Å². The smallest absolute Gasteiger partial charge is 0.142 e. The van der Waals surface area contributed by atoms with Gasteiger partial charge in [-0.05, 0) is 38.3 Å². The molecule has 13 heavy (non-hydrogen) atoms. The molecule has 0 atom stereocenters. The Labute approximate surface area is 78.6 Å². The zero-order valence-electron chi connectivity index (χ0n) is 8.01. The molecule has 3 heteroatoms. The molecule has 1 N–H and O–H groups in total. The first-order valence-corrected chi connectivity index (χ1v) is 4.88. The molecule has 2 rings (SSSR count). The van der Waals surface area contributed by atoms with Crippen molar-refractivity contribution in [1.29, 1.82) is 0 Å². The van der Waals surface area contributed by atoms with Crippen molar-refractivity contribution in [1.82, 2.24) is 15.3 Å². The summed E-state index contributed by atoms with van der Waals surface area (Å²) in [6.45, 7) is 0.771. The molecule has 0 aromatic carbocycles. The molecular formula is C10H15N3. The number of hydrogen-bond acceptors (Lipinski definition) is 3. The lowest BCUT2D eigenvalue weighted by Gasteiger charge is -2.14. The molecule has 1 aromatic heterocycles. The minimum absolute atomic E-state index is 0.771.